The van der Waals surface area contributed by atoms with Crippen LogP contribution >= 0.6 is 12.2 Å². The van der Waals surface area contributed by atoms with Gasteiger partial charge in [0.1, 0.15) is 4.99 Å². The maximum Gasteiger partial charge on any atom is 0.103 e. The van der Waals surface area contributed by atoms with Gasteiger partial charge in [-0.15, -0.1) is 0 Å². The molecule has 0 heterocycles. The molecule has 164 valence electrons. The van der Waals surface area contributed by atoms with Crippen LogP contribution in [0.2, 0.25) is 0 Å². The number of nitrogens with two attached hydrogens (primary N) is 1. The molecular weight excluding hydrogens is 382 g/mol. The van der Waals surface area contributed by atoms with Crippen LogP contribution in [0.5, 0.6) is 0 Å². The van der Waals surface area contributed by atoms with Crippen LogP contribution in [-0.2, 0) is 12.8 Å². The predicted octanol–water partition coefficient (Wildman–Crippen LogP) is 8.18. The number of hydrogen-bond acceptors (Lipinski definition) is 1. The highest BCUT2D eigenvalue weighted by molar-refractivity contribution is 7.80. The molecule has 0 saturated carbocycles. The van der Waals surface area contributed by atoms with Crippen molar-refractivity contribution in [1.82, 2.24) is 0 Å². The average molecular weight is 424 g/mol. The second kappa shape index (κ2) is 16.1. The van der Waals surface area contributed by atoms with Crippen molar-refractivity contribution in [2.45, 2.75) is 96.3 Å². The number of aryl methyl sites for hydroxylation is 2. The summed E-state index contributed by atoms with van der Waals surface area (Å²) in [5.41, 5.74) is 9.50. The minimum absolute atomic E-state index is 0.486. The third-order valence-electron chi connectivity index (χ3n) is 6.01. The molecule has 2 heteroatoms. The summed E-state index contributed by atoms with van der Waals surface area (Å²) in [5, 5.41) is 0. The zero-order valence-corrected chi connectivity index (χ0v) is 19.6. The van der Waals surface area contributed by atoms with E-state index in [-0.39, 0.29) is 0 Å². The zero-order valence-electron chi connectivity index (χ0n) is 18.8. The number of unbranched alkanes of at least 4 members (excludes halogenated alkanes) is 12. The molecule has 0 bridgehead atoms. The molecule has 0 atom stereocenters. The van der Waals surface area contributed by atoms with Crippen molar-refractivity contribution >= 4 is 17.2 Å². The van der Waals surface area contributed by atoms with Crippen molar-refractivity contribution in [1.29, 1.82) is 0 Å². The summed E-state index contributed by atoms with van der Waals surface area (Å²) in [5.74, 6) is 0. The quantitative estimate of drug-likeness (QED) is 0.205. The van der Waals surface area contributed by atoms with Crippen LogP contribution in [0, 0.1) is 0 Å². The summed E-state index contributed by atoms with van der Waals surface area (Å²) >= 11 is 5.00. The minimum Gasteiger partial charge on any atom is -0.389 e. The first kappa shape index (κ1) is 24.6. The van der Waals surface area contributed by atoms with Gasteiger partial charge in [0.05, 0.1) is 0 Å². The highest BCUT2D eigenvalue weighted by Crippen LogP contribution is 2.15. The Balaban J connectivity index is 1.30. The van der Waals surface area contributed by atoms with E-state index in [4.69, 9.17) is 18.0 Å². The fourth-order valence-electron chi connectivity index (χ4n) is 4.08. The standard InChI is InChI=1S/C28H41NS/c29-28(30)27-23-21-26(22-24-27)20-14-11-9-7-5-3-1-2-4-6-8-10-13-17-25-18-15-12-16-19-25/h12,15-16,18-19,21-24H,1-11,13-14,17,20H2,(H2,29,30). The van der Waals surface area contributed by atoms with E-state index in [1.807, 2.05) is 12.1 Å². The lowest BCUT2D eigenvalue weighted by Gasteiger charge is -2.05. The van der Waals surface area contributed by atoms with Gasteiger partial charge in [-0.3, -0.25) is 0 Å². The van der Waals surface area contributed by atoms with Crippen molar-refractivity contribution in [2.24, 2.45) is 5.73 Å². The maximum absolute atomic E-state index is 5.64. The fraction of sp³-hybridized carbons (Fsp3) is 0.536. The van der Waals surface area contributed by atoms with Gasteiger partial charge in [0.15, 0.2) is 0 Å². The molecule has 0 amide bonds. The molecule has 2 N–H and O–H groups in total. The normalized spacial score (nSPS) is 10.9. The first-order valence-corrected chi connectivity index (χ1v) is 12.6. The molecule has 2 aromatic carbocycles. The molecule has 30 heavy (non-hydrogen) atoms. The summed E-state index contributed by atoms with van der Waals surface area (Å²) in [7, 11) is 0. The molecule has 0 aromatic heterocycles. The molecule has 0 radical (unpaired) electrons. The van der Waals surface area contributed by atoms with Crippen molar-refractivity contribution in [3.05, 3.63) is 71.3 Å². The van der Waals surface area contributed by atoms with E-state index in [1.54, 1.807) is 0 Å². The van der Waals surface area contributed by atoms with E-state index in [2.05, 4.69) is 42.5 Å². The Hall–Kier alpha value is -1.67. The monoisotopic (exact) mass is 423 g/mol. The number of hydrogen-bond donors (Lipinski definition) is 1. The Morgan fingerprint density at radius 2 is 0.867 bits per heavy atom. The third kappa shape index (κ3) is 11.5. The van der Waals surface area contributed by atoms with Gasteiger partial charge in [-0.05, 0) is 36.8 Å². The van der Waals surface area contributed by atoms with E-state index >= 15 is 0 Å². The highest BCUT2D eigenvalue weighted by Gasteiger charge is 1.98. The molecule has 0 unspecified atom stereocenters. The van der Waals surface area contributed by atoms with Crippen LogP contribution in [0.1, 0.15) is 100 Å². The molecule has 0 aliphatic carbocycles. The highest BCUT2D eigenvalue weighted by atomic mass is 32.1. The first-order valence-electron chi connectivity index (χ1n) is 12.2. The second-order valence-corrected chi connectivity index (χ2v) is 9.08. The van der Waals surface area contributed by atoms with Gasteiger partial charge in [0.2, 0.25) is 0 Å². The first-order chi connectivity index (χ1) is 14.8. The fourth-order valence-corrected chi connectivity index (χ4v) is 4.22. The van der Waals surface area contributed by atoms with Crippen molar-refractivity contribution in [2.75, 3.05) is 0 Å². The lowest BCUT2D eigenvalue weighted by molar-refractivity contribution is 0.536. The van der Waals surface area contributed by atoms with Crippen LogP contribution < -0.4 is 5.73 Å². The van der Waals surface area contributed by atoms with Gasteiger partial charge in [-0.1, -0.05) is 137 Å². The summed E-state index contributed by atoms with van der Waals surface area (Å²) in [6, 6.07) is 19.3. The lowest BCUT2D eigenvalue weighted by Crippen LogP contribution is -2.08. The number of thiocarbonyl (C=S) groups is 1. The summed E-state index contributed by atoms with van der Waals surface area (Å²) in [6.45, 7) is 0. The average Bonchev–Trinajstić information content (AvgIpc) is 2.77. The van der Waals surface area contributed by atoms with Gasteiger partial charge in [0, 0.05) is 5.56 Å². The van der Waals surface area contributed by atoms with Crippen LogP contribution in [0.25, 0.3) is 0 Å². The number of benzene rings is 2. The molecular formula is C28H41NS. The molecule has 0 saturated heterocycles. The molecule has 2 aromatic rings. The number of rotatable bonds is 17. The van der Waals surface area contributed by atoms with Gasteiger partial charge in [-0.25, -0.2) is 0 Å². The van der Waals surface area contributed by atoms with Crippen LogP contribution in [0.4, 0.5) is 0 Å². The van der Waals surface area contributed by atoms with E-state index < -0.39 is 0 Å². The smallest absolute Gasteiger partial charge is 0.103 e. The maximum atomic E-state index is 5.64. The van der Waals surface area contributed by atoms with Crippen LogP contribution in [0.3, 0.4) is 0 Å². The topological polar surface area (TPSA) is 26.0 Å². The Labute approximate surface area is 190 Å². The summed E-state index contributed by atoms with van der Waals surface area (Å²) < 4.78 is 0. The van der Waals surface area contributed by atoms with Gasteiger partial charge >= 0.3 is 0 Å². The SMILES string of the molecule is NC(=S)c1ccc(CCCCCCCCCCCCCCCc2ccccc2)cc1. The molecule has 0 spiro atoms. The largest absolute Gasteiger partial charge is 0.389 e. The van der Waals surface area contributed by atoms with Crippen molar-refractivity contribution < 1.29 is 0 Å². The van der Waals surface area contributed by atoms with Gasteiger partial charge in [-0.2, -0.15) is 0 Å². The van der Waals surface area contributed by atoms with Gasteiger partial charge in [0.25, 0.3) is 0 Å². The van der Waals surface area contributed by atoms with Crippen LogP contribution in [-0.4, -0.2) is 4.99 Å². The van der Waals surface area contributed by atoms with Crippen LogP contribution in [0.15, 0.2) is 54.6 Å². The minimum atomic E-state index is 0.486. The molecule has 1 nitrogen and oxygen atoms in total. The second-order valence-electron chi connectivity index (χ2n) is 8.64. The molecule has 0 aliphatic heterocycles. The Morgan fingerprint density at radius 3 is 1.27 bits per heavy atom. The Morgan fingerprint density at radius 1 is 0.500 bits per heavy atom. The predicted molar refractivity (Wildman–Crippen MR) is 136 cm³/mol. The molecule has 0 aliphatic rings. The van der Waals surface area contributed by atoms with Crippen molar-refractivity contribution in [3.8, 4) is 0 Å². The van der Waals surface area contributed by atoms with E-state index in [0.717, 1.165) is 5.56 Å². The zero-order chi connectivity index (χ0) is 21.3. The Kier molecular flexibility index (Phi) is 13.2. The Bertz CT molecular complexity index is 678. The van der Waals surface area contributed by atoms with Gasteiger partial charge < -0.3 is 5.73 Å². The summed E-state index contributed by atoms with van der Waals surface area (Å²) in [4.78, 5) is 0.486. The summed E-state index contributed by atoms with van der Waals surface area (Å²) in [6.07, 6.45) is 20.5. The van der Waals surface area contributed by atoms with E-state index in [0.29, 0.717) is 4.99 Å². The van der Waals surface area contributed by atoms with E-state index in [1.165, 1.54) is 107 Å². The lowest BCUT2D eigenvalue weighted by atomic mass is 10.0. The van der Waals surface area contributed by atoms with Crippen molar-refractivity contribution in [3.63, 3.8) is 0 Å². The molecule has 2 rings (SSSR count). The van der Waals surface area contributed by atoms with E-state index in [9.17, 15) is 0 Å². The third-order valence-corrected chi connectivity index (χ3v) is 6.25. The molecule has 0 fully saturated rings.